The van der Waals surface area contributed by atoms with Crippen molar-refractivity contribution in [3.63, 3.8) is 0 Å². The SMILES string of the molecule is C=CC(=O)N[C@@H]1CCN(c2nc(Nc3cnn(Cc4ccccc4)c3)c3ncn(C(C)C)c3n2)C1. The average Bonchev–Trinajstić information content (AvgIpc) is 3.59. The van der Waals surface area contributed by atoms with Gasteiger partial charge in [0.2, 0.25) is 11.9 Å². The number of hydrogen-bond donors (Lipinski definition) is 2. The van der Waals surface area contributed by atoms with Crippen molar-refractivity contribution in [2.24, 2.45) is 0 Å². The van der Waals surface area contributed by atoms with E-state index in [1.807, 2.05) is 33.6 Å². The molecule has 1 aromatic carbocycles. The van der Waals surface area contributed by atoms with Gasteiger partial charge in [0.1, 0.15) is 0 Å². The second kappa shape index (κ2) is 9.57. The molecular formula is C25H29N9O. The maximum Gasteiger partial charge on any atom is 0.243 e. The number of nitrogens with zero attached hydrogens (tertiary/aromatic N) is 7. The van der Waals surface area contributed by atoms with Gasteiger partial charge in [-0.1, -0.05) is 36.9 Å². The Balaban J connectivity index is 1.43. The number of rotatable bonds is 8. The Kier molecular flexibility index (Phi) is 6.17. The fourth-order valence-electron chi connectivity index (χ4n) is 4.25. The number of imidazole rings is 1. The lowest BCUT2D eigenvalue weighted by molar-refractivity contribution is -0.117. The minimum Gasteiger partial charge on any atom is -0.348 e. The lowest BCUT2D eigenvalue weighted by Gasteiger charge is -2.18. The molecule has 1 amide bonds. The molecule has 4 aromatic rings. The zero-order chi connectivity index (χ0) is 24.4. The van der Waals surface area contributed by atoms with E-state index in [-0.39, 0.29) is 18.0 Å². The largest absolute Gasteiger partial charge is 0.348 e. The Morgan fingerprint density at radius 3 is 2.86 bits per heavy atom. The first-order chi connectivity index (χ1) is 17.0. The van der Waals surface area contributed by atoms with Gasteiger partial charge < -0.3 is 20.1 Å². The van der Waals surface area contributed by atoms with Crippen LogP contribution in [0, 0.1) is 0 Å². The van der Waals surface area contributed by atoms with Crippen LogP contribution in [0.2, 0.25) is 0 Å². The molecular weight excluding hydrogens is 442 g/mol. The first-order valence-electron chi connectivity index (χ1n) is 11.8. The molecule has 10 heteroatoms. The molecule has 1 fully saturated rings. The summed E-state index contributed by atoms with van der Waals surface area (Å²) in [6, 6.07) is 10.4. The first-order valence-corrected chi connectivity index (χ1v) is 11.8. The Morgan fingerprint density at radius 2 is 2.09 bits per heavy atom. The Hall–Kier alpha value is -4.21. The van der Waals surface area contributed by atoms with Gasteiger partial charge >= 0.3 is 0 Å². The van der Waals surface area contributed by atoms with Crippen LogP contribution in [0.15, 0.2) is 61.7 Å². The van der Waals surface area contributed by atoms with E-state index in [1.54, 1.807) is 12.5 Å². The molecule has 0 unspecified atom stereocenters. The predicted molar refractivity (Wildman–Crippen MR) is 136 cm³/mol. The van der Waals surface area contributed by atoms with Gasteiger partial charge in [-0.2, -0.15) is 15.1 Å². The molecule has 0 aliphatic carbocycles. The average molecular weight is 472 g/mol. The van der Waals surface area contributed by atoms with Gasteiger partial charge in [0.15, 0.2) is 17.0 Å². The monoisotopic (exact) mass is 471 g/mol. The van der Waals surface area contributed by atoms with Crippen molar-refractivity contribution in [3.8, 4) is 0 Å². The second-order valence-electron chi connectivity index (χ2n) is 8.97. The molecule has 35 heavy (non-hydrogen) atoms. The summed E-state index contributed by atoms with van der Waals surface area (Å²) in [6.07, 6.45) is 7.66. The highest BCUT2D eigenvalue weighted by Crippen LogP contribution is 2.28. The number of anilines is 3. The zero-order valence-electron chi connectivity index (χ0n) is 19.9. The molecule has 1 aliphatic rings. The van der Waals surface area contributed by atoms with Crippen molar-refractivity contribution >= 4 is 34.5 Å². The topological polar surface area (TPSA) is 106 Å². The fourth-order valence-corrected chi connectivity index (χ4v) is 4.25. The Morgan fingerprint density at radius 1 is 1.26 bits per heavy atom. The van der Waals surface area contributed by atoms with Crippen molar-refractivity contribution in [1.82, 2.24) is 34.6 Å². The summed E-state index contributed by atoms with van der Waals surface area (Å²) in [6.45, 7) is 9.79. The molecule has 0 spiro atoms. The van der Waals surface area contributed by atoms with Crippen LogP contribution in [0.3, 0.4) is 0 Å². The lowest BCUT2D eigenvalue weighted by Crippen LogP contribution is -2.36. The van der Waals surface area contributed by atoms with Gasteiger partial charge in [-0.15, -0.1) is 0 Å². The normalized spacial score (nSPS) is 15.6. The smallest absolute Gasteiger partial charge is 0.243 e. The third-order valence-electron chi connectivity index (χ3n) is 6.05. The van der Waals surface area contributed by atoms with Gasteiger partial charge in [0, 0.05) is 31.4 Å². The van der Waals surface area contributed by atoms with Crippen LogP contribution in [0.4, 0.5) is 17.5 Å². The van der Waals surface area contributed by atoms with Crippen LogP contribution in [-0.4, -0.2) is 54.3 Å². The maximum absolute atomic E-state index is 11.7. The molecule has 4 heterocycles. The van der Waals surface area contributed by atoms with Crippen LogP contribution in [0.5, 0.6) is 0 Å². The highest BCUT2D eigenvalue weighted by molar-refractivity contribution is 5.87. The van der Waals surface area contributed by atoms with E-state index in [0.717, 1.165) is 24.3 Å². The summed E-state index contributed by atoms with van der Waals surface area (Å²) in [5.41, 5.74) is 3.47. The molecule has 10 nitrogen and oxygen atoms in total. The third kappa shape index (κ3) is 4.86. The Labute approximate surface area is 203 Å². The number of carbonyl (C=O) groups excluding carboxylic acids is 1. The van der Waals surface area contributed by atoms with Crippen molar-refractivity contribution < 1.29 is 4.79 Å². The van der Waals surface area contributed by atoms with E-state index in [0.29, 0.717) is 30.4 Å². The highest BCUT2D eigenvalue weighted by Gasteiger charge is 2.27. The molecule has 5 rings (SSSR count). The number of amides is 1. The quantitative estimate of drug-likeness (QED) is 0.380. The molecule has 3 aromatic heterocycles. The zero-order valence-corrected chi connectivity index (χ0v) is 19.9. The molecule has 2 N–H and O–H groups in total. The number of aromatic nitrogens is 6. The summed E-state index contributed by atoms with van der Waals surface area (Å²) in [5, 5.41) is 10.9. The van der Waals surface area contributed by atoms with Crippen LogP contribution >= 0.6 is 0 Å². The maximum atomic E-state index is 11.7. The summed E-state index contributed by atoms with van der Waals surface area (Å²) in [7, 11) is 0. The van der Waals surface area contributed by atoms with E-state index >= 15 is 0 Å². The van der Waals surface area contributed by atoms with Gasteiger partial charge in [0.25, 0.3) is 0 Å². The second-order valence-corrected chi connectivity index (χ2v) is 8.97. The number of carbonyl (C=O) groups is 1. The summed E-state index contributed by atoms with van der Waals surface area (Å²) >= 11 is 0. The predicted octanol–water partition coefficient (Wildman–Crippen LogP) is 3.28. The van der Waals surface area contributed by atoms with Crippen molar-refractivity contribution in [2.75, 3.05) is 23.3 Å². The van der Waals surface area contributed by atoms with Crippen molar-refractivity contribution in [2.45, 2.75) is 38.9 Å². The minimum atomic E-state index is -0.166. The molecule has 180 valence electrons. The van der Waals surface area contributed by atoms with E-state index in [2.05, 4.69) is 58.2 Å². The molecule has 1 atom stereocenters. The van der Waals surface area contributed by atoms with Crippen LogP contribution in [-0.2, 0) is 11.3 Å². The molecule has 1 saturated heterocycles. The Bertz CT molecular complexity index is 1340. The summed E-state index contributed by atoms with van der Waals surface area (Å²) in [5.74, 6) is 1.07. The standard InChI is InChI=1S/C25H29N9O/c1-4-21(35)28-19-10-11-32(14-19)25-30-23(22-24(31-25)34(16-26-22)17(2)3)29-20-12-27-33(15-20)13-18-8-6-5-7-9-18/h4-9,12,15-17,19H,1,10-11,13-14H2,2-3H3,(H,28,35)(H,29,30,31)/t19-/m1/s1. The van der Waals surface area contributed by atoms with Gasteiger partial charge in [-0.25, -0.2) is 4.98 Å². The number of hydrogen-bond acceptors (Lipinski definition) is 7. The van der Waals surface area contributed by atoms with Crippen LogP contribution < -0.4 is 15.5 Å². The summed E-state index contributed by atoms with van der Waals surface area (Å²) < 4.78 is 3.93. The lowest BCUT2D eigenvalue weighted by atomic mass is 10.2. The van der Waals surface area contributed by atoms with E-state index < -0.39 is 0 Å². The molecule has 1 aliphatic heterocycles. The number of fused-ring (bicyclic) bond motifs is 1. The van der Waals surface area contributed by atoms with Crippen molar-refractivity contribution in [3.05, 3.63) is 67.3 Å². The molecule has 0 saturated carbocycles. The molecule has 0 radical (unpaired) electrons. The highest BCUT2D eigenvalue weighted by atomic mass is 16.1. The van der Waals surface area contributed by atoms with Crippen LogP contribution in [0.1, 0.15) is 31.9 Å². The van der Waals surface area contributed by atoms with E-state index in [9.17, 15) is 4.79 Å². The van der Waals surface area contributed by atoms with Crippen molar-refractivity contribution in [1.29, 1.82) is 0 Å². The third-order valence-corrected chi connectivity index (χ3v) is 6.05. The van der Waals surface area contributed by atoms with Gasteiger partial charge in [-0.05, 0) is 31.9 Å². The molecule has 0 bridgehead atoms. The van der Waals surface area contributed by atoms with E-state index in [1.165, 1.54) is 11.6 Å². The van der Waals surface area contributed by atoms with E-state index in [4.69, 9.17) is 9.97 Å². The van der Waals surface area contributed by atoms with Gasteiger partial charge in [-0.3, -0.25) is 9.48 Å². The first kappa shape index (κ1) is 22.6. The minimum absolute atomic E-state index is 0.0300. The summed E-state index contributed by atoms with van der Waals surface area (Å²) in [4.78, 5) is 28.1. The van der Waals surface area contributed by atoms with Gasteiger partial charge in [0.05, 0.1) is 24.8 Å². The number of benzene rings is 1. The van der Waals surface area contributed by atoms with Crippen LogP contribution in [0.25, 0.3) is 11.2 Å². The fraction of sp³-hybridized carbons (Fsp3) is 0.320. The number of nitrogens with one attached hydrogen (secondary N) is 2.